The number of hydrogen-bond donors (Lipinski definition) is 0. The van der Waals surface area contributed by atoms with Gasteiger partial charge in [-0.1, -0.05) is 151 Å². The lowest BCUT2D eigenvalue weighted by molar-refractivity contribution is 0.673. The van der Waals surface area contributed by atoms with Gasteiger partial charge in [0.25, 0.3) is 0 Å². The van der Waals surface area contributed by atoms with E-state index in [1.807, 2.05) is 24.3 Å². The molecule has 0 amide bonds. The highest BCUT2D eigenvalue weighted by Gasteiger charge is 2.18. The summed E-state index contributed by atoms with van der Waals surface area (Å²) in [5.41, 5.74) is 5.08. The van der Waals surface area contributed by atoms with Gasteiger partial charge in [0.1, 0.15) is 11.2 Å². The number of furan rings is 1. The van der Waals surface area contributed by atoms with Crippen LogP contribution in [0.15, 0.2) is 186 Å². The van der Waals surface area contributed by atoms with Crippen LogP contribution in [0.1, 0.15) is 12.3 Å². The van der Waals surface area contributed by atoms with Crippen LogP contribution < -0.4 is 0 Å². The van der Waals surface area contributed by atoms with E-state index in [2.05, 4.69) is 103 Å². The van der Waals surface area contributed by atoms with Crippen molar-refractivity contribution in [2.24, 2.45) is 0 Å². The second-order valence-corrected chi connectivity index (χ2v) is 12.9. The molecule has 0 N–H and O–H groups in total. The maximum atomic E-state index is 9.14. The fourth-order valence-electron chi connectivity index (χ4n) is 7.84. The highest BCUT2D eigenvalue weighted by molar-refractivity contribution is 6.22. The van der Waals surface area contributed by atoms with Crippen LogP contribution >= 0.6 is 0 Å². The predicted octanol–water partition coefficient (Wildman–Crippen LogP) is 14.4. The third-order valence-electron chi connectivity index (χ3n) is 10.1. The number of fused-ring (bicyclic) bond motifs is 9. The maximum Gasteiger partial charge on any atom is 0.143 e. The summed E-state index contributed by atoms with van der Waals surface area (Å²) in [5.74, 6) is 0. The van der Waals surface area contributed by atoms with Crippen molar-refractivity contribution in [1.29, 1.82) is 0 Å². The third-order valence-corrected chi connectivity index (χ3v) is 10.1. The molecule has 10 aromatic carbocycles. The zero-order valence-corrected chi connectivity index (χ0v) is 27.0. The molecule has 0 atom stereocenters. The molecule has 1 heteroatoms. The van der Waals surface area contributed by atoms with Gasteiger partial charge in [-0.3, -0.25) is 0 Å². The number of hydrogen-bond acceptors (Lipinski definition) is 1. The minimum Gasteiger partial charge on any atom is -0.455 e. The van der Waals surface area contributed by atoms with E-state index in [-0.39, 0.29) is 62.4 Å². The van der Waals surface area contributed by atoms with Crippen LogP contribution in [0.25, 0.3) is 109 Å². The molecule has 236 valence electrons. The average molecular weight is 656 g/mol. The standard InChI is InChI=1S/C50H30O/c1-2-12-33-29-37(24-20-31(33)10-1)47-41-14-5-7-16-43(41)48(44-17-8-6-15-42(44)47)38-25-22-34-28-36(23-21-35(34)30-38)39-18-9-19-46-49(39)45-27-26-32-11-3-4-13-40(32)50(45)51-46/h1-30H/i3D,4D,9D,11D,13D,18D,19D,26D,27D. The Labute approximate surface area is 307 Å². The Morgan fingerprint density at radius 1 is 0.373 bits per heavy atom. The molecule has 11 rings (SSSR count). The van der Waals surface area contributed by atoms with Crippen LogP contribution in [0, 0.1) is 0 Å². The first-order valence-corrected chi connectivity index (χ1v) is 16.9. The van der Waals surface area contributed by atoms with E-state index >= 15 is 0 Å². The van der Waals surface area contributed by atoms with E-state index in [4.69, 9.17) is 16.8 Å². The molecule has 0 spiro atoms. The molecule has 0 unspecified atom stereocenters. The molecule has 0 bridgehead atoms. The summed E-state index contributed by atoms with van der Waals surface area (Å²) >= 11 is 0. The topological polar surface area (TPSA) is 13.1 Å². The molecule has 0 aliphatic rings. The number of benzene rings is 10. The van der Waals surface area contributed by atoms with E-state index in [0.717, 1.165) is 49.0 Å². The van der Waals surface area contributed by atoms with Gasteiger partial charge >= 0.3 is 0 Å². The molecule has 0 saturated carbocycles. The summed E-state index contributed by atoms with van der Waals surface area (Å²) in [6.45, 7) is 0. The third kappa shape index (κ3) is 4.28. The monoisotopic (exact) mass is 655 g/mol. The Balaban J connectivity index is 1.13. The Bertz CT molecular complexity index is 3660. The Morgan fingerprint density at radius 2 is 0.922 bits per heavy atom. The summed E-state index contributed by atoms with van der Waals surface area (Å²) in [5, 5.41) is 8.71. The van der Waals surface area contributed by atoms with Crippen LogP contribution in [0.5, 0.6) is 0 Å². The molecule has 1 aromatic heterocycles. The van der Waals surface area contributed by atoms with E-state index in [1.54, 1.807) is 0 Å². The van der Waals surface area contributed by atoms with Crippen molar-refractivity contribution in [3.8, 4) is 33.4 Å². The van der Waals surface area contributed by atoms with Gasteiger partial charge in [-0.05, 0) is 112 Å². The minimum atomic E-state index is -0.529. The second-order valence-electron chi connectivity index (χ2n) is 12.9. The molecule has 1 nitrogen and oxygen atoms in total. The molecule has 0 fully saturated rings. The summed E-state index contributed by atoms with van der Waals surface area (Å²) < 4.78 is 84.7. The van der Waals surface area contributed by atoms with Gasteiger partial charge in [0.05, 0.1) is 12.3 Å². The zero-order chi connectivity index (χ0) is 41.3. The van der Waals surface area contributed by atoms with Gasteiger partial charge in [-0.25, -0.2) is 0 Å². The fourth-order valence-corrected chi connectivity index (χ4v) is 7.84. The summed E-state index contributed by atoms with van der Waals surface area (Å²) in [6, 6.07) is 40.4. The second kappa shape index (κ2) is 10.9. The zero-order valence-electron chi connectivity index (χ0n) is 36.0. The average Bonchev–Trinajstić information content (AvgIpc) is 3.67. The lowest BCUT2D eigenvalue weighted by Gasteiger charge is -2.18. The van der Waals surface area contributed by atoms with Crippen molar-refractivity contribution in [1.82, 2.24) is 0 Å². The molecule has 0 radical (unpaired) electrons. The first-order chi connectivity index (χ1) is 29.0. The molecule has 51 heavy (non-hydrogen) atoms. The SMILES string of the molecule is [2H]c1c([2H])c(-c2ccc3cc(-c4c5ccccc5c(-c5ccc6ccccc6c5)c5ccccc45)ccc3c2)c2c(oc3c4c([2H])c([2H])c([2H])c([2H])c4c([2H])c([2H])c32)c1[2H]. The minimum absolute atomic E-state index is 0.0610. The molecule has 0 aliphatic carbocycles. The highest BCUT2D eigenvalue weighted by atomic mass is 16.3. The molecule has 0 aliphatic heterocycles. The van der Waals surface area contributed by atoms with E-state index < -0.39 is 30.2 Å². The van der Waals surface area contributed by atoms with Crippen LogP contribution in [0.3, 0.4) is 0 Å². The Hall–Kier alpha value is -6.70. The lowest BCUT2D eigenvalue weighted by Crippen LogP contribution is -1.91. The normalized spacial score (nSPS) is 14.4. The molecule has 1 heterocycles. The van der Waals surface area contributed by atoms with Gasteiger partial charge in [-0.15, -0.1) is 0 Å². The first kappa shape index (κ1) is 20.7. The van der Waals surface area contributed by atoms with Crippen molar-refractivity contribution in [2.45, 2.75) is 0 Å². The first-order valence-electron chi connectivity index (χ1n) is 21.4. The smallest absolute Gasteiger partial charge is 0.143 e. The van der Waals surface area contributed by atoms with Gasteiger partial charge in [0.15, 0.2) is 0 Å². The van der Waals surface area contributed by atoms with Crippen molar-refractivity contribution in [2.75, 3.05) is 0 Å². The number of rotatable bonds is 3. The van der Waals surface area contributed by atoms with Crippen LogP contribution in [-0.2, 0) is 0 Å². The van der Waals surface area contributed by atoms with Crippen LogP contribution in [-0.4, -0.2) is 0 Å². The molecular formula is C50H30O. The van der Waals surface area contributed by atoms with Crippen molar-refractivity contribution < 1.29 is 16.8 Å². The van der Waals surface area contributed by atoms with Crippen LogP contribution in [0.2, 0.25) is 0 Å². The summed E-state index contributed by atoms with van der Waals surface area (Å²) in [4.78, 5) is 0. The van der Waals surface area contributed by atoms with Gasteiger partial charge in [-0.2, -0.15) is 0 Å². The highest BCUT2D eigenvalue weighted by Crippen LogP contribution is 2.45. The summed E-state index contributed by atoms with van der Waals surface area (Å²) in [6.07, 6.45) is 0. The van der Waals surface area contributed by atoms with Gasteiger partial charge in [0, 0.05) is 16.2 Å². The Morgan fingerprint density at radius 3 is 1.61 bits per heavy atom. The van der Waals surface area contributed by atoms with E-state index in [0.29, 0.717) is 5.56 Å². The lowest BCUT2D eigenvalue weighted by atomic mass is 9.85. The maximum absolute atomic E-state index is 9.14. The van der Waals surface area contributed by atoms with E-state index in [9.17, 15) is 0 Å². The van der Waals surface area contributed by atoms with Crippen molar-refractivity contribution >= 4 is 75.8 Å². The predicted molar refractivity (Wildman–Crippen MR) is 218 cm³/mol. The largest absolute Gasteiger partial charge is 0.455 e. The van der Waals surface area contributed by atoms with E-state index in [1.165, 1.54) is 16.3 Å². The van der Waals surface area contributed by atoms with Crippen molar-refractivity contribution in [3.63, 3.8) is 0 Å². The quantitative estimate of drug-likeness (QED) is 0.173. The van der Waals surface area contributed by atoms with Crippen molar-refractivity contribution in [3.05, 3.63) is 182 Å². The van der Waals surface area contributed by atoms with Crippen LogP contribution in [0.4, 0.5) is 0 Å². The van der Waals surface area contributed by atoms with Gasteiger partial charge in [0.2, 0.25) is 0 Å². The fraction of sp³-hybridized carbons (Fsp3) is 0. The van der Waals surface area contributed by atoms with Gasteiger partial charge < -0.3 is 4.42 Å². The molecule has 0 saturated heterocycles. The molecular weight excluding hydrogens is 617 g/mol. The molecule has 11 aromatic rings. The summed E-state index contributed by atoms with van der Waals surface area (Å²) in [7, 11) is 0. The Kier molecular flexibility index (Phi) is 4.43.